The molecule has 19 heavy (non-hydrogen) atoms. The smallest absolute Gasteiger partial charge is 0.0236 e. The van der Waals surface area contributed by atoms with E-state index in [2.05, 4.69) is 34.5 Å². The number of fused-ring (bicyclic) bond motifs is 2. The van der Waals surface area contributed by atoms with Crippen molar-refractivity contribution in [1.29, 1.82) is 0 Å². The number of halogens is 2. The van der Waals surface area contributed by atoms with Crippen LogP contribution in [0, 0.1) is 5.92 Å². The van der Waals surface area contributed by atoms with Crippen molar-refractivity contribution in [3.05, 3.63) is 35.4 Å². The molecule has 0 aromatic heterocycles. The summed E-state index contributed by atoms with van der Waals surface area (Å²) < 4.78 is 0. The van der Waals surface area contributed by atoms with Crippen molar-refractivity contribution in [3.8, 4) is 0 Å². The summed E-state index contributed by atoms with van der Waals surface area (Å²) in [6, 6.07) is 10.6. The SMILES string of the molecule is Cl.Cl.c1ccc2c(c1)CC(N1C[C@@H]3CCN[C@@H]3C1)C2. The second-order valence-corrected chi connectivity index (χ2v) is 5.89. The number of nitrogens with one attached hydrogen (secondary N) is 1. The van der Waals surface area contributed by atoms with Crippen molar-refractivity contribution in [2.24, 2.45) is 5.92 Å². The maximum Gasteiger partial charge on any atom is 0.0236 e. The van der Waals surface area contributed by atoms with Crippen LogP contribution in [0.25, 0.3) is 0 Å². The van der Waals surface area contributed by atoms with Crippen LogP contribution in [0.2, 0.25) is 0 Å². The number of benzene rings is 1. The molecule has 2 aliphatic heterocycles. The van der Waals surface area contributed by atoms with Crippen LogP contribution in [0.5, 0.6) is 0 Å². The highest BCUT2D eigenvalue weighted by Gasteiger charge is 2.39. The van der Waals surface area contributed by atoms with Crippen molar-refractivity contribution in [2.75, 3.05) is 19.6 Å². The Bertz CT molecular complexity index is 401. The van der Waals surface area contributed by atoms with E-state index in [9.17, 15) is 0 Å². The average Bonchev–Trinajstić information content (AvgIpc) is 3.01. The van der Waals surface area contributed by atoms with Crippen molar-refractivity contribution >= 4 is 24.8 Å². The highest BCUT2D eigenvalue weighted by atomic mass is 35.5. The molecule has 3 aliphatic rings. The number of rotatable bonds is 1. The van der Waals surface area contributed by atoms with E-state index in [0.717, 1.165) is 18.0 Å². The van der Waals surface area contributed by atoms with Crippen LogP contribution in [-0.4, -0.2) is 36.6 Å². The Morgan fingerprint density at radius 3 is 2.32 bits per heavy atom. The topological polar surface area (TPSA) is 15.3 Å². The Hall–Kier alpha value is -0.280. The third-order valence-corrected chi connectivity index (χ3v) is 4.94. The molecular weight excluding hydrogens is 279 g/mol. The molecule has 2 nitrogen and oxygen atoms in total. The summed E-state index contributed by atoms with van der Waals surface area (Å²) in [5, 5.41) is 3.65. The minimum atomic E-state index is 0. The van der Waals surface area contributed by atoms with Gasteiger partial charge in [0.2, 0.25) is 0 Å². The minimum Gasteiger partial charge on any atom is -0.312 e. The first-order chi connectivity index (χ1) is 8.40. The fourth-order valence-electron chi connectivity index (χ4n) is 3.97. The molecule has 0 saturated carbocycles. The summed E-state index contributed by atoms with van der Waals surface area (Å²) in [6.07, 6.45) is 3.94. The zero-order valence-corrected chi connectivity index (χ0v) is 12.7. The number of hydrogen-bond acceptors (Lipinski definition) is 2. The molecule has 2 saturated heterocycles. The van der Waals surface area contributed by atoms with Gasteiger partial charge in [-0.1, -0.05) is 24.3 Å². The van der Waals surface area contributed by atoms with Gasteiger partial charge in [0.05, 0.1) is 0 Å². The monoisotopic (exact) mass is 300 g/mol. The number of hydrogen-bond donors (Lipinski definition) is 1. The maximum absolute atomic E-state index is 3.65. The molecule has 0 spiro atoms. The lowest BCUT2D eigenvalue weighted by Gasteiger charge is -2.24. The standard InChI is InChI=1S/C15H20N2.2ClH/c1-2-4-12-8-14(7-11(12)3-1)17-9-13-5-6-16-15(13)10-17;;/h1-4,13-16H,5-10H2;2*1H/t13-,15+;;/m0../s1. The molecule has 1 aromatic carbocycles. The maximum atomic E-state index is 3.65. The molecule has 0 radical (unpaired) electrons. The first-order valence-corrected chi connectivity index (χ1v) is 6.94. The Kier molecular flexibility index (Phi) is 4.78. The van der Waals surface area contributed by atoms with Crippen LogP contribution < -0.4 is 5.32 Å². The molecule has 0 amide bonds. The van der Waals surface area contributed by atoms with E-state index in [1.54, 1.807) is 11.1 Å². The van der Waals surface area contributed by atoms with E-state index in [1.807, 2.05) is 0 Å². The van der Waals surface area contributed by atoms with Gasteiger partial charge in [0.1, 0.15) is 0 Å². The van der Waals surface area contributed by atoms with Gasteiger partial charge >= 0.3 is 0 Å². The highest BCUT2D eigenvalue weighted by molar-refractivity contribution is 5.85. The van der Waals surface area contributed by atoms with Gasteiger partial charge in [-0.05, 0) is 42.9 Å². The normalized spacial score (nSPS) is 29.5. The molecule has 0 bridgehead atoms. The summed E-state index contributed by atoms with van der Waals surface area (Å²) in [4.78, 5) is 2.74. The summed E-state index contributed by atoms with van der Waals surface area (Å²) in [5.74, 6) is 0.929. The van der Waals surface area contributed by atoms with Crippen molar-refractivity contribution in [3.63, 3.8) is 0 Å². The van der Waals surface area contributed by atoms with Crippen LogP contribution in [-0.2, 0) is 12.8 Å². The van der Waals surface area contributed by atoms with Crippen molar-refractivity contribution in [2.45, 2.75) is 31.3 Å². The van der Waals surface area contributed by atoms with E-state index in [-0.39, 0.29) is 24.8 Å². The summed E-state index contributed by atoms with van der Waals surface area (Å²) in [5.41, 5.74) is 3.17. The highest BCUT2D eigenvalue weighted by Crippen LogP contribution is 2.31. The number of nitrogens with zero attached hydrogens (tertiary/aromatic N) is 1. The predicted molar refractivity (Wildman–Crippen MR) is 83.6 cm³/mol. The Morgan fingerprint density at radius 1 is 1.00 bits per heavy atom. The van der Waals surface area contributed by atoms with E-state index in [1.165, 1.54) is 38.9 Å². The molecule has 4 heteroatoms. The lowest BCUT2D eigenvalue weighted by Crippen LogP contribution is -2.37. The molecule has 0 unspecified atom stereocenters. The zero-order chi connectivity index (χ0) is 11.2. The van der Waals surface area contributed by atoms with Crippen LogP contribution >= 0.6 is 24.8 Å². The Morgan fingerprint density at radius 2 is 1.68 bits per heavy atom. The van der Waals surface area contributed by atoms with Crippen LogP contribution in [0.4, 0.5) is 0 Å². The van der Waals surface area contributed by atoms with Crippen LogP contribution in [0.3, 0.4) is 0 Å². The lowest BCUT2D eigenvalue weighted by atomic mass is 10.1. The van der Waals surface area contributed by atoms with E-state index in [0.29, 0.717) is 0 Å². The second kappa shape index (κ2) is 6.01. The predicted octanol–water partition coefficient (Wildman–Crippen LogP) is 2.29. The minimum absolute atomic E-state index is 0. The van der Waals surface area contributed by atoms with E-state index in [4.69, 9.17) is 0 Å². The number of likely N-dealkylation sites (tertiary alicyclic amines) is 1. The third-order valence-electron chi connectivity index (χ3n) is 4.94. The van der Waals surface area contributed by atoms with E-state index < -0.39 is 0 Å². The fraction of sp³-hybridized carbons (Fsp3) is 0.600. The fourth-order valence-corrected chi connectivity index (χ4v) is 3.97. The average molecular weight is 301 g/mol. The summed E-state index contributed by atoms with van der Waals surface area (Å²) in [6.45, 7) is 3.85. The zero-order valence-electron chi connectivity index (χ0n) is 11.0. The Balaban J connectivity index is 0.000000667. The van der Waals surface area contributed by atoms with Crippen molar-refractivity contribution in [1.82, 2.24) is 10.2 Å². The van der Waals surface area contributed by atoms with Gasteiger partial charge in [-0.2, -0.15) is 0 Å². The molecule has 1 aliphatic carbocycles. The van der Waals surface area contributed by atoms with Gasteiger partial charge < -0.3 is 5.32 Å². The molecular formula is C15H22Cl2N2. The van der Waals surface area contributed by atoms with Gasteiger partial charge in [0, 0.05) is 25.2 Å². The first-order valence-electron chi connectivity index (χ1n) is 6.94. The quantitative estimate of drug-likeness (QED) is 0.856. The summed E-state index contributed by atoms with van der Waals surface area (Å²) in [7, 11) is 0. The second-order valence-electron chi connectivity index (χ2n) is 5.89. The molecule has 2 atom stereocenters. The third kappa shape index (κ3) is 2.64. The molecule has 2 fully saturated rings. The van der Waals surface area contributed by atoms with Gasteiger partial charge in [-0.25, -0.2) is 0 Å². The van der Waals surface area contributed by atoms with Gasteiger partial charge in [-0.3, -0.25) is 4.90 Å². The molecule has 106 valence electrons. The summed E-state index contributed by atoms with van der Waals surface area (Å²) >= 11 is 0. The van der Waals surface area contributed by atoms with Gasteiger partial charge in [0.15, 0.2) is 0 Å². The molecule has 1 aromatic rings. The lowest BCUT2D eigenvalue weighted by molar-refractivity contribution is 0.233. The van der Waals surface area contributed by atoms with Crippen LogP contribution in [0.15, 0.2) is 24.3 Å². The first kappa shape index (κ1) is 15.1. The van der Waals surface area contributed by atoms with E-state index >= 15 is 0 Å². The molecule has 4 rings (SSSR count). The molecule has 1 N–H and O–H groups in total. The largest absolute Gasteiger partial charge is 0.312 e. The van der Waals surface area contributed by atoms with Gasteiger partial charge in [-0.15, -0.1) is 24.8 Å². The Labute approximate surface area is 127 Å². The van der Waals surface area contributed by atoms with Gasteiger partial charge in [0.25, 0.3) is 0 Å². The van der Waals surface area contributed by atoms with Crippen molar-refractivity contribution < 1.29 is 0 Å². The van der Waals surface area contributed by atoms with Crippen LogP contribution in [0.1, 0.15) is 17.5 Å². The molecule has 2 heterocycles.